The van der Waals surface area contributed by atoms with Crippen LogP contribution in [0.15, 0.2) is 57.7 Å². The Kier molecular flexibility index (Phi) is 4.96. The third-order valence-corrected chi connectivity index (χ3v) is 5.54. The van der Waals surface area contributed by atoms with Gasteiger partial charge in [-0.1, -0.05) is 48.0 Å². The monoisotopic (exact) mass is 412 g/mol. The van der Waals surface area contributed by atoms with Gasteiger partial charge in [-0.15, -0.1) is 0 Å². The highest BCUT2D eigenvalue weighted by molar-refractivity contribution is 6.12. The van der Waals surface area contributed by atoms with E-state index in [4.69, 9.17) is 4.42 Å². The summed E-state index contributed by atoms with van der Waals surface area (Å²) in [6, 6.07) is 16.6. The molecule has 0 saturated carbocycles. The predicted molar refractivity (Wildman–Crippen MR) is 116 cm³/mol. The van der Waals surface area contributed by atoms with Crippen LogP contribution >= 0.6 is 0 Å². The number of aromatic hydroxyl groups is 1. The summed E-state index contributed by atoms with van der Waals surface area (Å²) in [7, 11) is 0. The van der Waals surface area contributed by atoms with E-state index in [-0.39, 0.29) is 29.0 Å². The van der Waals surface area contributed by atoms with Gasteiger partial charge in [0.15, 0.2) is 5.76 Å². The summed E-state index contributed by atoms with van der Waals surface area (Å²) >= 11 is 0. The van der Waals surface area contributed by atoms with Gasteiger partial charge in [0.2, 0.25) is 11.7 Å². The molecule has 6 heteroatoms. The number of carbonyl (C=O) groups is 1. The van der Waals surface area contributed by atoms with Crippen LogP contribution in [0.2, 0.25) is 0 Å². The van der Waals surface area contributed by atoms with Gasteiger partial charge < -0.3 is 9.52 Å². The Morgan fingerprint density at radius 1 is 1.06 bits per heavy atom. The van der Waals surface area contributed by atoms with E-state index in [0.29, 0.717) is 11.1 Å². The normalized spacial score (nSPS) is 10.9. The first kappa shape index (κ1) is 20.2. The molecule has 0 fully saturated rings. The van der Waals surface area contributed by atoms with Crippen molar-refractivity contribution in [2.45, 2.75) is 27.3 Å². The second-order valence-electron chi connectivity index (χ2n) is 7.57. The number of nitriles is 1. The highest BCUT2D eigenvalue weighted by atomic mass is 16.3. The van der Waals surface area contributed by atoms with Crippen LogP contribution in [0, 0.1) is 32.1 Å². The molecular formula is C25H20N2O4. The minimum absolute atomic E-state index is 0.0271. The lowest BCUT2D eigenvalue weighted by Gasteiger charge is -2.15. The summed E-state index contributed by atoms with van der Waals surface area (Å²) in [5, 5.41) is 21.3. The molecule has 4 rings (SSSR count). The fraction of sp³-hybridized carbons (Fsp3) is 0.160. The second kappa shape index (κ2) is 7.62. The number of benzene rings is 2. The fourth-order valence-electron chi connectivity index (χ4n) is 3.75. The number of ketones is 1. The number of para-hydroxylation sites is 1. The average Bonchev–Trinajstić information content (AvgIpc) is 3.09. The Morgan fingerprint density at radius 3 is 2.39 bits per heavy atom. The zero-order valence-corrected chi connectivity index (χ0v) is 17.4. The molecule has 1 N–H and O–H groups in total. The molecule has 0 radical (unpaired) electrons. The van der Waals surface area contributed by atoms with Crippen LogP contribution in [0.3, 0.4) is 0 Å². The highest BCUT2D eigenvalue weighted by Crippen LogP contribution is 2.31. The molecule has 0 bridgehead atoms. The lowest BCUT2D eigenvalue weighted by Crippen LogP contribution is -2.27. The van der Waals surface area contributed by atoms with E-state index >= 15 is 0 Å². The van der Waals surface area contributed by atoms with E-state index in [0.717, 1.165) is 21.1 Å². The Hall–Kier alpha value is -4.11. The lowest BCUT2D eigenvalue weighted by molar-refractivity contribution is 0.101. The third kappa shape index (κ3) is 3.30. The molecule has 0 aliphatic carbocycles. The molecule has 31 heavy (non-hydrogen) atoms. The van der Waals surface area contributed by atoms with E-state index in [9.17, 15) is 20.0 Å². The minimum Gasteiger partial charge on any atom is -0.494 e. The summed E-state index contributed by atoms with van der Waals surface area (Å²) in [5.41, 5.74) is 2.20. The van der Waals surface area contributed by atoms with Crippen molar-refractivity contribution in [3.05, 3.63) is 98.0 Å². The summed E-state index contributed by atoms with van der Waals surface area (Å²) < 4.78 is 6.83. The number of aryl methyl sites for hydroxylation is 2. The van der Waals surface area contributed by atoms with Crippen LogP contribution in [0.5, 0.6) is 5.88 Å². The number of fused-ring (bicyclic) bond motifs is 1. The Balaban J connectivity index is 1.92. The van der Waals surface area contributed by atoms with Crippen molar-refractivity contribution in [3.63, 3.8) is 0 Å². The smallest absolute Gasteiger partial charge is 0.271 e. The average molecular weight is 412 g/mol. The zero-order chi connectivity index (χ0) is 22.3. The van der Waals surface area contributed by atoms with Crippen molar-refractivity contribution < 1.29 is 14.3 Å². The highest BCUT2D eigenvalue weighted by Gasteiger charge is 2.28. The van der Waals surface area contributed by atoms with Crippen molar-refractivity contribution in [3.8, 4) is 11.9 Å². The van der Waals surface area contributed by atoms with Gasteiger partial charge in [-0.05, 0) is 38.0 Å². The van der Waals surface area contributed by atoms with Gasteiger partial charge in [-0.2, -0.15) is 5.26 Å². The minimum atomic E-state index is -0.643. The molecule has 0 saturated heterocycles. The molecule has 2 heterocycles. The molecule has 0 atom stereocenters. The number of aromatic nitrogens is 1. The molecule has 6 nitrogen and oxygen atoms in total. The van der Waals surface area contributed by atoms with Crippen molar-refractivity contribution in [2.24, 2.45) is 0 Å². The summed E-state index contributed by atoms with van der Waals surface area (Å²) in [6.07, 6.45) is 0. The summed E-state index contributed by atoms with van der Waals surface area (Å²) in [4.78, 5) is 26.3. The Labute approximate surface area is 178 Å². The van der Waals surface area contributed by atoms with Gasteiger partial charge in [0.05, 0.1) is 12.1 Å². The van der Waals surface area contributed by atoms with E-state index in [1.54, 1.807) is 19.1 Å². The number of carbonyl (C=O) groups excluding carboxylic acids is 1. The molecule has 0 spiro atoms. The maximum Gasteiger partial charge on any atom is 0.271 e. The van der Waals surface area contributed by atoms with Gasteiger partial charge in [-0.25, -0.2) is 0 Å². The summed E-state index contributed by atoms with van der Waals surface area (Å²) in [6.45, 7) is 5.22. The fourth-order valence-corrected chi connectivity index (χ4v) is 3.75. The van der Waals surface area contributed by atoms with Crippen LogP contribution in [-0.2, 0) is 6.54 Å². The molecule has 0 aliphatic rings. The van der Waals surface area contributed by atoms with Crippen molar-refractivity contribution in [2.75, 3.05) is 0 Å². The molecule has 4 aromatic rings. The first-order valence-electron chi connectivity index (χ1n) is 9.78. The summed E-state index contributed by atoms with van der Waals surface area (Å²) in [5.74, 6) is -0.978. The third-order valence-electron chi connectivity index (χ3n) is 5.54. The number of hydrogen-bond acceptors (Lipinski definition) is 5. The van der Waals surface area contributed by atoms with Gasteiger partial charge in [0.1, 0.15) is 17.2 Å². The van der Waals surface area contributed by atoms with Crippen LogP contribution in [0.4, 0.5) is 0 Å². The Morgan fingerprint density at radius 2 is 1.74 bits per heavy atom. The molecule has 154 valence electrons. The van der Waals surface area contributed by atoms with Crippen LogP contribution in [0.25, 0.3) is 11.0 Å². The van der Waals surface area contributed by atoms with E-state index < -0.39 is 17.2 Å². The number of hydrogen-bond donors (Lipinski definition) is 1. The van der Waals surface area contributed by atoms with Gasteiger partial charge in [-0.3, -0.25) is 14.2 Å². The quantitative estimate of drug-likeness (QED) is 0.502. The maximum atomic E-state index is 13.4. The molecule has 0 amide bonds. The molecular weight excluding hydrogens is 392 g/mol. The lowest BCUT2D eigenvalue weighted by atomic mass is 9.98. The number of pyridine rings is 1. The SMILES string of the molecule is Cc1ccc(Cn2c(O)c(C(=O)c3oc4ccccc4c3C)c(C)c(C#N)c2=O)cc1. The van der Waals surface area contributed by atoms with E-state index in [1.165, 1.54) is 6.92 Å². The van der Waals surface area contributed by atoms with E-state index in [1.807, 2.05) is 49.4 Å². The van der Waals surface area contributed by atoms with Crippen LogP contribution in [-0.4, -0.2) is 15.5 Å². The van der Waals surface area contributed by atoms with Crippen molar-refractivity contribution in [1.82, 2.24) is 4.57 Å². The number of nitrogens with zero attached hydrogens (tertiary/aromatic N) is 2. The number of furan rings is 1. The van der Waals surface area contributed by atoms with Crippen molar-refractivity contribution >= 4 is 16.8 Å². The maximum absolute atomic E-state index is 13.4. The van der Waals surface area contributed by atoms with Gasteiger partial charge in [0, 0.05) is 10.9 Å². The Bertz CT molecular complexity index is 1430. The molecule has 2 aromatic carbocycles. The molecule has 2 aromatic heterocycles. The van der Waals surface area contributed by atoms with Crippen LogP contribution in [0.1, 0.15) is 43.9 Å². The molecule has 0 aliphatic heterocycles. The van der Waals surface area contributed by atoms with Gasteiger partial charge in [0.25, 0.3) is 5.56 Å². The standard InChI is InChI=1S/C25H20N2O4/c1-14-8-10-17(11-9-14)13-27-24(29)19(12-26)15(2)21(25(27)30)22(28)23-16(3)18-6-4-5-7-20(18)31-23/h4-11,30H,13H2,1-3H3. The first-order valence-corrected chi connectivity index (χ1v) is 9.78. The van der Waals surface area contributed by atoms with Crippen LogP contribution < -0.4 is 5.56 Å². The van der Waals surface area contributed by atoms with Crippen molar-refractivity contribution in [1.29, 1.82) is 5.26 Å². The molecule has 0 unspecified atom stereocenters. The topological polar surface area (TPSA) is 96.2 Å². The second-order valence-corrected chi connectivity index (χ2v) is 7.57. The number of rotatable bonds is 4. The first-order chi connectivity index (χ1) is 14.8. The predicted octanol–water partition coefficient (Wildman–Crippen LogP) is 4.38. The van der Waals surface area contributed by atoms with Gasteiger partial charge >= 0.3 is 0 Å². The largest absolute Gasteiger partial charge is 0.494 e. The van der Waals surface area contributed by atoms with E-state index in [2.05, 4.69) is 0 Å². The zero-order valence-electron chi connectivity index (χ0n) is 17.4.